The molecule has 2 heterocycles. The van der Waals surface area contributed by atoms with Gasteiger partial charge in [0.1, 0.15) is 5.82 Å². The second kappa shape index (κ2) is 8.60. The molecular weight excluding hydrogens is 419 g/mol. The van der Waals surface area contributed by atoms with Crippen LogP contribution in [0, 0.1) is 0 Å². The van der Waals surface area contributed by atoms with Crippen LogP contribution in [-0.4, -0.2) is 63.0 Å². The molecule has 0 aliphatic carbocycles. The minimum atomic E-state index is -4.60. The van der Waals surface area contributed by atoms with Crippen LogP contribution in [0.2, 0.25) is 0 Å². The van der Waals surface area contributed by atoms with Gasteiger partial charge in [0, 0.05) is 51.7 Å². The lowest BCUT2D eigenvalue weighted by molar-refractivity contribution is -0.141. The molecule has 0 amide bonds. The molecule has 0 radical (unpaired) electrons. The van der Waals surface area contributed by atoms with Crippen molar-refractivity contribution < 1.29 is 21.6 Å². The summed E-state index contributed by atoms with van der Waals surface area (Å²) in [7, 11) is -0.457. The van der Waals surface area contributed by atoms with Crippen molar-refractivity contribution in [1.29, 1.82) is 0 Å². The highest BCUT2D eigenvalue weighted by Gasteiger charge is 2.35. The third-order valence-corrected chi connectivity index (χ3v) is 6.13. The first-order chi connectivity index (χ1) is 14.1. The van der Waals surface area contributed by atoms with Crippen LogP contribution < -0.4 is 9.80 Å². The van der Waals surface area contributed by atoms with Gasteiger partial charge in [-0.3, -0.25) is 0 Å². The summed E-state index contributed by atoms with van der Waals surface area (Å²) in [5, 5.41) is 1.14. The van der Waals surface area contributed by atoms with Crippen molar-refractivity contribution >= 4 is 27.9 Å². The van der Waals surface area contributed by atoms with Crippen molar-refractivity contribution in [2.24, 2.45) is 0 Å². The van der Waals surface area contributed by atoms with Crippen molar-refractivity contribution in [3.05, 3.63) is 53.1 Å². The number of halogens is 3. The third-order valence-electron chi connectivity index (χ3n) is 4.56. The number of nitrogens with zero attached hydrogens (tertiary/aromatic N) is 5. The van der Waals surface area contributed by atoms with Gasteiger partial charge in [-0.05, 0) is 11.6 Å². The highest BCUT2D eigenvalue weighted by molar-refractivity contribution is 7.92. The van der Waals surface area contributed by atoms with E-state index in [0.717, 1.165) is 17.0 Å². The Kier molecular flexibility index (Phi) is 6.32. The molecule has 0 unspecified atom stereocenters. The van der Waals surface area contributed by atoms with Crippen LogP contribution in [0.25, 0.3) is 6.08 Å². The van der Waals surface area contributed by atoms with Gasteiger partial charge in [0.05, 0.1) is 0 Å². The Morgan fingerprint density at radius 1 is 1.03 bits per heavy atom. The molecule has 30 heavy (non-hydrogen) atoms. The lowest BCUT2D eigenvalue weighted by atomic mass is 10.2. The molecule has 1 aliphatic rings. The van der Waals surface area contributed by atoms with Crippen molar-refractivity contribution in [3.8, 4) is 0 Å². The number of benzene rings is 1. The predicted molar refractivity (Wildman–Crippen MR) is 110 cm³/mol. The van der Waals surface area contributed by atoms with E-state index < -0.39 is 21.9 Å². The smallest absolute Gasteiger partial charge is 0.363 e. The van der Waals surface area contributed by atoms with Crippen molar-refractivity contribution in [2.45, 2.75) is 6.18 Å². The largest absolute Gasteiger partial charge is 0.433 e. The van der Waals surface area contributed by atoms with Crippen LogP contribution in [0.15, 0.2) is 41.8 Å². The fourth-order valence-corrected chi connectivity index (χ4v) is 4.07. The zero-order valence-corrected chi connectivity index (χ0v) is 17.4. The lowest BCUT2D eigenvalue weighted by Crippen LogP contribution is -2.48. The molecule has 0 bridgehead atoms. The summed E-state index contributed by atoms with van der Waals surface area (Å²) in [4.78, 5) is 10.9. The summed E-state index contributed by atoms with van der Waals surface area (Å²) in [5.41, 5.74) is -0.273. The van der Waals surface area contributed by atoms with Crippen LogP contribution >= 0.6 is 0 Å². The lowest BCUT2D eigenvalue weighted by Gasteiger charge is -2.33. The summed E-state index contributed by atoms with van der Waals surface area (Å²) >= 11 is 0. The van der Waals surface area contributed by atoms with Gasteiger partial charge in [0.2, 0.25) is 16.0 Å². The quantitative estimate of drug-likeness (QED) is 0.711. The second-order valence-electron chi connectivity index (χ2n) is 6.95. The first kappa shape index (κ1) is 22.0. The fraction of sp³-hybridized carbons (Fsp3) is 0.368. The monoisotopic (exact) mass is 441 g/mol. The minimum Gasteiger partial charge on any atom is -0.363 e. The Hall–Kier alpha value is -2.66. The van der Waals surface area contributed by atoms with Crippen molar-refractivity contribution in [1.82, 2.24) is 14.3 Å². The number of rotatable bonds is 5. The Morgan fingerprint density at radius 2 is 1.67 bits per heavy atom. The number of hydrogen-bond donors (Lipinski definition) is 0. The van der Waals surface area contributed by atoms with E-state index in [0.29, 0.717) is 0 Å². The Labute approximate surface area is 173 Å². The van der Waals surface area contributed by atoms with E-state index in [1.54, 1.807) is 31.1 Å². The maximum Gasteiger partial charge on any atom is 0.433 e. The second-order valence-corrected chi connectivity index (χ2v) is 8.77. The van der Waals surface area contributed by atoms with E-state index >= 15 is 0 Å². The van der Waals surface area contributed by atoms with Crippen LogP contribution in [0.5, 0.6) is 0 Å². The van der Waals surface area contributed by atoms with Crippen LogP contribution in [0.4, 0.5) is 24.9 Å². The molecule has 0 atom stereocenters. The molecule has 0 saturated carbocycles. The summed E-state index contributed by atoms with van der Waals surface area (Å²) in [6.07, 6.45) is -3.09. The standard InChI is InChI=1S/C19H22F3N5O2S/c1-25(2)17-14-16(19(20,21)22)23-18(24-17)26-9-11-27(12-10-26)30(28,29)13-8-15-6-4-3-5-7-15/h3-8,13-14H,9-12H2,1-2H3/b13-8+. The number of aromatic nitrogens is 2. The van der Waals surface area contributed by atoms with Crippen LogP contribution in [-0.2, 0) is 16.2 Å². The average molecular weight is 441 g/mol. The number of piperazine rings is 1. The molecule has 1 aromatic heterocycles. The molecule has 3 rings (SSSR count). The number of alkyl halides is 3. The highest BCUT2D eigenvalue weighted by atomic mass is 32.2. The average Bonchev–Trinajstić information content (AvgIpc) is 2.72. The number of sulfonamides is 1. The van der Waals surface area contributed by atoms with Gasteiger partial charge < -0.3 is 9.80 Å². The molecule has 7 nitrogen and oxygen atoms in total. The number of hydrogen-bond acceptors (Lipinski definition) is 6. The minimum absolute atomic E-state index is 0.0644. The maximum atomic E-state index is 13.2. The molecular formula is C19H22F3N5O2S. The molecule has 1 saturated heterocycles. The Balaban J connectivity index is 1.74. The fourth-order valence-electron chi connectivity index (χ4n) is 2.90. The van der Waals surface area contributed by atoms with Gasteiger partial charge in [-0.1, -0.05) is 30.3 Å². The van der Waals surface area contributed by atoms with Crippen molar-refractivity contribution in [3.63, 3.8) is 0 Å². The molecule has 162 valence electrons. The van der Waals surface area contributed by atoms with E-state index in [1.165, 1.54) is 15.3 Å². The van der Waals surface area contributed by atoms with Gasteiger partial charge in [-0.2, -0.15) is 22.5 Å². The topological polar surface area (TPSA) is 69.6 Å². The van der Waals surface area contributed by atoms with Gasteiger partial charge in [-0.25, -0.2) is 13.4 Å². The summed E-state index contributed by atoms with van der Waals surface area (Å²) < 4.78 is 66.0. The molecule has 1 fully saturated rings. The first-order valence-electron chi connectivity index (χ1n) is 9.18. The molecule has 0 spiro atoms. The van der Waals surface area contributed by atoms with E-state index in [4.69, 9.17) is 0 Å². The van der Waals surface area contributed by atoms with Crippen molar-refractivity contribution in [2.75, 3.05) is 50.1 Å². The SMILES string of the molecule is CN(C)c1cc(C(F)(F)F)nc(N2CCN(S(=O)(=O)/C=C/c3ccccc3)CC2)n1. The molecule has 2 aromatic rings. The summed E-state index contributed by atoms with van der Waals surface area (Å²) in [6.45, 7) is 0.621. The van der Waals surface area contributed by atoms with E-state index in [1.807, 2.05) is 18.2 Å². The molecule has 0 N–H and O–H groups in total. The van der Waals surface area contributed by atoms with Crippen LogP contribution in [0.3, 0.4) is 0 Å². The van der Waals surface area contributed by atoms with E-state index in [2.05, 4.69) is 9.97 Å². The summed E-state index contributed by atoms with van der Waals surface area (Å²) in [6, 6.07) is 9.92. The zero-order valence-electron chi connectivity index (χ0n) is 16.5. The molecule has 1 aliphatic heterocycles. The summed E-state index contributed by atoms with van der Waals surface area (Å²) in [5.74, 6) is 0.0681. The predicted octanol–water partition coefficient (Wildman–Crippen LogP) is 2.68. The Bertz CT molecular complexity index is 1000. The zero-order chi connectivity index (χ0) is 21.9. The first-order valence-corrected chi connectivity index (χ1v) is 10.7. The normalized spacial score (nSPS) is 16.2. The Morgan fingerprint density at radius 3 is 2.23 bits per heavy atom. The molecule has 1 aromatic carbocycles. The number of anilines is 2. The van der Waals surface area contributed by atoms with Crippen LogP contribution in [0.1, 0.15) is 11.3 Å². The maximum absolute atomic E-state index is 13.2. The van der Waals surface area contributed by atoms with E-state index in [-0.39, 0.29) is 37.9 Å². The van der Waals surface area contributed by atoms with Gasteiger partial charge in [0.25, 0.3) is 0 Å². The molecule has 11 heteroatoms. The van der Waals surface area contributed by atoms with Gasteiger partial charge in [0.15, 0.2) is 5.69 Å². The third kappa shape index (κ3) is 5.28. The van der Waals surface area contributed by atoms with Gasteiger partial charge in [-0.15, -0.1) is 0 Å². The highest BCUT2D eigenvalue weighted by Crippen LogP contribution is 2.31. The van der Waals surface area contributed by atoms with E-state index in [9.17, 15) is 21.6 Å². The van der Waals surface area contributed by atoms with Gasteiger partial charge >= 0.3 is 6.18 Å².